The molecule has 106 valence electrons. The summed E-state index contributed by atoms with van der Waals surface area (Å²) in [5.41, 5.74) is 0. The predicted octanol–water partition coefficient (Wildman–Crippen LogP) is 2.62. The van der Waals surface area contributed by atoms with Crippen LogP contribution >= 0.6 is 11.3 Å². The highest BCUT2D eigenvalue weighted by atomic mass is 32.1. The Labute approximate surface area is 122 Å². The van der Waals surface area contributed by atoms with E-state index in [9.17, 15) is 4.79 Å². The summed E-state index contributed by atoms with van der Waals surface area (Å²) in [5.74, 6) is 0.947. The van der Waals surface area contributed by atoms with Crippen LogP contribution in [0.3, 0.4) is 0 Å². The second-order valence-electron chi connectivity index (χ2n) is 5.06. The molecule has 0 saturated heterocycles. The van der Waals surface area contributed by atoms with Crippen molar-refractivity contribution in [2.75, 3.05) is 6.54 Å². The van der Waals surface area contributed by atoms with Crippen molar-refractivity contribution >= 4 is 17.2 Å². The summed E-state index contributed by atoms with van der Waals surface area (Å²) in [4.78, 5) is 15.4. The van der Waals surface area contributed by atoms with E-state index in [0.29, 0.717) is 25.7 Å². The first-order valence-corrected chi connectivity index (χ1v) is 7.75. The van der Waals surface area contributed by atoms with Gasteiger partial charge in [-0.05, 0) is 36.4 Å². The Bertz CT molecular complexity index is 496. The number of furan rings is 1. The average molecular weight is 290 g/mol. The third-order valence-corrected chi connectivity index (χ3v) is 4.19. The first kappa shape index (κ1) is 13.4. The number of nitrogens with one attached hydrogen (secondary N) is 1. The largest absolute Gasteiger partial charge is 0.467 e. The van der Waals surface area contributed by atoms with Crippen LogP contribution in [0.1, 0.15) is 23.5 Å². The maximum absolute atomic E-state index is 12.4. The lowest BCUT2D eigenvalue weighted by Crippen LogP contribution is -2.37. The van der Waals surface area contributed by atoms with Crippen molar-refractivity contribution in [2.45, 2.75) is 32.0 Å². The Morgan fingerprint density at radius 2 is 2.25 bits per heavy atom. The molecule has 2 aromatic rings. The van der Waals surface area contributed by atoms with E-state index in [0.717, 1.165) is 5.76 Å². The molecule has 2 heterocycles. The highest BCUT2D eigenvalue weighted by Gasteiger charge is 2.23. The summed E-state index contributed by atoms with van der Waals surface area (Å²) in [6.07, 6.45) is 4.03. The molecule has 0 aliphatic heterocycles. The fraction of sp³-hybridized carbons (Fsp3) is 0.400. The predicted molar refractivity (Wildman–Crippen MR) is 78.3 cm³/mol. The van der Waals surface area contributed by atoms with Crippen molar-refractivity contribution in [3.05, 3.63) is 46.5 Å². The van der Waals surface area contributed by atoms with Gasteiger partial charge in [-0.25, -0.2) is 0 Å². The Hall–Kier alpha value is -1.59. The van der Waals surface area contributed by atoms with E-state index in [-0.39, 0.29) is 5.91 Å². The van der Waals surface area contributed by atoms with Crippen molar-refractivity contribution in [2.24, 2.45) is 0 Å². The molecule has 0 unspecified atom stereocenters. The van der Waals surface area contributed by atoms with Crippen LogP contribution in [0.5, 0.6) is 0 Å². The van der Waals surface area contributed by atoms with Crippen LogP contribution in [0, 0.1) is 0 Å². The smallest absolute Gasteiger partial charge is 0.237 e. The summed E-state index contributed by atoms with van der Waals surface area (Å²) in [6.45, 7) is 1.58. The third-order valence-electron chi connectivity index (χ3n) is 3.33. The number of carbonyl (C=O) groups is 1. The van der Waals surface area contributed by atoms with Gasteiger partial charge in [-0.2, -0.15) is 0 Å². The molecule has 0 atom stereocenters. The molecule has 0 radical (unpaired) electrons. The van der Waals surface area contributed by atoms with Crippen LogP contribution in [-0.4, -0.2) is 23.4 Å². The van der Waals surface area contributed by atoms with Crippen molar-refractivity contribution in [3.8, 4) is 0 Å². The lowest BCUT2D eigenvalue weighted by molar-refractivity contribution is -0.131. The summed E-state index contributed by atoms with van der Waals surface area (Å²) in [6, 6.07) is 8.37. The van der Waals surface area contributed by atoms with Crippen LogP contribution in [0.2, 0.25) is 0 Å². The van der Waals surface area contributed by atoms with E-state index in [1.165, 1.54) is 17.7 Å². The quantitative estimate of drug-likeness (QED) is 0.852. The molecule has 0 bridgehead atoms. The van der Waals surface area contributed by atoms with Gasteiger partial charge < -0.3 is 14.6 Å². The van der Waals surface area contributed by atoms with Gasteiger partial charge in [0, 0.05) is 10.9 Å². The number of hydrogen-bond acceptors (Lipinski definition) is 4. The van der Waals surface area contributed by atoms with Gasteiger partial charge in [0.1, 0.15) is 5.76 Å². The number of hydrogen-bond donors (Lipinski definition) is 1. The van der Waals surface area contributed by atoms with Crippen LogP contribution < -0.4 is 5.32 Å². The van der Waals surface area contributed by atoms with Gasteiger partial charge in [0.25, 0.3) is 0 Å². The number of amides is 1. The highest BCUT2D eigenvalue weighted by molar-refractivity contribution is 7.09. The molecule has 4 nitrogen and oxygen atoms in total. The van der Waals surface area contributed by atoms with Crippen molar-refractivity contribution < 1.29 is 9.21 Å². The van der Waals surface area contributed by atoms with E-state index in [4.69, 9.17) is 4.42 Å². The van der Waals surface area contributed by atoms with Crippen LogP contribution in [0.15, 0.2) is 40.3 Å². The van der Waals surface area contributed by atoms with Crippen molar-refractivity contribution in [1.82, 2.24) is 10.2 Å². The molecule has 1 amide bonds. The summed E-state index contributed by atoms with van der Waals surface area (Å²) in [7, 11) is 0. The minimum atomic E-state index is 0.127. The molecular weight excluding hydrogens is 272 g/mol. The van der Waals surface area contributed by atoms with Gasteiger partial charge in [-0.3, -0.25) is 4.79 Å². The molecule has 1 saturated carbocycles. The lowest BCUT2D eigenvalue weighted by Gasteiger charge is -2.21. The van der Waals surface area contributed by atoms with Crippen molar-refractivity contribution in [1.29, 1.82) is 0 Å². The zero-order valence-corrected chi connectivity index (χ0v) is 12.1. The first-order chi connectivity index (χ1) is 9.81. The van der Waals surface area contributed by atoms with Gasteiger partial charge in [-0.15, -0.1) is 11.3 Å². The second-order valence-corrected chi connectivity index (χ2v) is 6.10. The lowest BCUT2D eigenvalue weighted by atomic mass is 10.3. The van der Waals surface area contributed by atoms with E-state index < -0.39 is 0 Å². The molecule has 1 aliphatic rings. The fourth-order valence-electron chi connectivity index (χ4n) is 2.04. The Morgan fingerprint density at radius 3 is 2.90 bits per heavy atom. The minimum absolute atomic E-state index is 0.127. The topological polar surface area (TPSA) is 45.5 Å². The SMILES string of the molecule is O=C(CNC1CC1)N(Cc1ccco1)Cc1cccs1. The second kappa shape index (κ2) is 6.24. The first-order valence-electron chi connectivity index (χ1n) is 6.87. The van der Waals surface area contributed by atoms with Gasteiger partial charge in [0.15, 0.2) is 0 Å². The number of nitrogens with zero attached hydrogens (tertiary/aromatic N) is 1. The van der Waals surface area contributed by atoms with Gasteiger partial charge in [-0.1, -0.05) is 6.07 Å². The Morgan fingerprint density at radius 1 is 1.35 bits per heavy atom. The van der Waals surface area contributed by atoms with Crippen LogP contribution in [0.25, 0.3) is 0 Å². The average Bonchev–Trinajstić information content (AvgIpc) is 2.91. The van der Waals surface area contributed by atoms with E-state index in [2.05, 4.69) is 11.4 Å². The van der Waals surface area contributed by atoms with Crippen LogP contribution in [-0.2, 0) is 17.9 Å². The Kier molecular flexibility index (Phi) is 4.18. The number of carbonyl (C=O) groups excluding carboxylic acids is 1. The van der Waals surface area contributed by atoms with Crippen molar-refractivity contribution in [3.63, 3.8) is 0 Å². The molecule has 20 heavy (non-hydrogen) atoms. The molecular formula is C15H18N2O2S. The molecule has 1 fully saturated rings. The monoisotopic (exact) mass is 290 g/mol. The third kappa shape index (κ3) is 3.71. The van der Waals surface area contributed by atoms with E-state index in [1.807, 2.05) is 28.5 Å². The number of rotatable bonds is 7. The summed E-state index contributed by atoms with van der Waals surface area (Å²) in [5, 5.41) is 5.31. The normalized spacial score (nSPS) is 14.4. The molecule has 0 aromatic carbocycles. The molecule has 0 spiro atoms. The standard InChI is InChI=1S/C15H18N2O2S/c18-15(9-16-12-5-6-12)17(10-13-3-1-7-19-13)11-14-4-2-8-20-14/h1-4,7-8,12,16H,5-6,9-11H2. The summed E-state index contributed by atoms with van der Waals surface area (Å²) < 4.78 is 5.36. The molecule has 2 aromatic heterocycles. The molecule has 5 heteroatoms. The van der Waals surface area contributed by atoms with E-state index >= 15 is 0 Å². The zero-order valence-electron chi connectivity index (χ0n) is 11.2. The van der Waals surface area contributed by atoms with Crippen LogP contribution in [0.4, 0.5) is 0 Å². The Balaban J connectivity index is 1.62. The summed E-state index contributed by atoms with van der Waals surface area (Å²) >= 11 is 1.67. The minimum Gasteiger partial charge on any atom is -0.467 e. The number of thiophene rings is 1. The van der Waals surface area contributed by atoms with Gasteiger partial charge >= 0.3 is 0 Å². The maximum atomic E-state index is 12.4. The molecule has 1 aliphatic carbocycles. The van der Waals surface area contributed by atoms with E-state index in [1.54, 1.807) is 17.6 Å². The zero-order chi connectivity index (χ0) is 13.8. The fourth-order valence-corrected chi connectivity index (χ4v) is 2.76. The van der Waals surface area contributed by atoms with Gasteiger partial charge in [0.05, 0.1) is 25.9 Å². The molecule has 3 rings (SSSR count). The van der Waals surface area contributed by atoms with Gasteiger partial charge in [0.2, 0.25) is 5.91 Å². The highest BCUT2D eigenvalue weighted by Crippen LogP contribution is 2.19. The molecule has 1 N–H and O–H groups in total. The maximum Gasteiger partial charge on any atom is 0.237 e.